The first-order chi connectivity index (χ1) is 27.3. The van der Waals surface area contributed by atoms with E-state index in [-0.39, 0.29) is 90.7 Å². The molecule has 16 atom stereocenters. The van der Waals surface area contributed by atoms with Gasteiger partial charge in [0, 0.05) is 62.4 Å². The van der Waals surface area contributed by atoms with Gasteiger partial charge in [-0.1, -0.05) is 19.9 Å². The number of methoxy groups -OCH3 is 3. The molecule has 6 rings (SSSR count). The molecular weight excluding hydrogens is 751 g/mol. The number of esters is 1. The summed E-state index contributed by atoms with van der Waals surface area (Å²) in [5.41, 5.74) is 2.72. The third-order valence-electron chi connectivity index (χ3n) is 13.8. The van der Waals surface area contributed by atoms with Crippen LogP contribution in [0.4, 0.5) is 0 Å². The number of nitrogens with one attached hydrogen (secondary N) is 2. The summed E-state index contributed by atoms with van der Waals surface area (Å²) >= 11 is 5.74. The fourth-order valence-electron chi connectivity index (χ4n) is 10.5. The molecule has 1 aromatic rings. The normalized spacial score (nSPS) is 36.8. The molecule has 5 aliphatic rings. The summed E-state index contributed by atoms with van der Waals surface area (Å²) in [6, 6.07) is 0.316. The van der Waals surface area contributed by atoms with Crippen LogP contribution in [0.25, 0.3) is 0 Å². The molecule has 3 unspecified atom stereocenters. The van der Waals surface area contributed by atoms with E-state index in [1.807, 2.05) is 20.8 Å². The number of ketones is 1. The zero-order valence-corrected chi connectivity index (χ0v) is 36.6. The van der Waals surface area contributed by atoms with E-state index in [1.54, 1.807) is 21.3 Å². The number of fused-ring (bicyclic) bond motifs is 8. The van der Waals surface area contributed by atoms with Crippen LogP contribution < -0.4 is 0 Å². The van der Waals surface area contributed by atoms with Crippen molar-refractivity contribution in [2.45, 2.75) is 166 Å². The van der Waals surface area contributed by atoms with Gasteiger partial charge in [0.1, 0.15) is 12.2 Å². The highest BCUT2D eigenvalue weighted by Gasteiger charge is 2.56. The summed E-state index contributed by atoms with van der Waals surface area (Å²) in [6.07, 6.45) is 5.72. The van der Waals surface area contributed by atoms with E-state index in [0.29, 0.717) is 29.4 Å². The molecule has 3 fully saturated rings. The molecule has 3 aliphatic carbocycles. The third-order valence-corrected chi connectivity index (χ3v) is 14.0. The van der Waals surface area contributed by atoms with Crippen molar-refractivity contribution >= 4 is 24.0 Å². The minimum atomic E-state index is -0.699. The summed E-state index contributed by atoms with van der Waals surface area (Å²) in [5.74, 6) is -1.01. The molecule has 0 spiro atoms. The summed E-state index contributed by atoms with van der Waals surface area (Å²) in [6.45, 7) is 10.4. The molecule has 1 saturated carbocycles. The summed E-state index contributed by atoms with van der Waals surface area (Å²) < 4.78 is 50.1. The number of carbonyl (C=O) groups is 2. The number of aromatic nitrogens is 2. The molecule has 57 heavy (non-hydrogen) atoms. The standard InChI is InChI=1S/C43H69N3O10S/c1-11-26-13-12-14-34(56-37-16-15-33(46(6)7)25(5)52-37)22(2)41(48)32-19-29-28-17-27(55-42(35(51-10)21-49-8)53-24(4)23(3)50-9)18-31(28)39-40(45-43(57)44-39)38(29)30(32)20-36(47)54-26/h19,22-31,33-35,37-38,42H,11-18,20-21H2,1-10H3,(H2,44,45,57)/t22-,23-,24?,25?,26+,27+,28+,29+,30-,31-,33+,34+,35+,37+,38-,42?/m1/s1. The molecule has 2 saturated heterocycles. The summed E-state index contributed by atoms with van der Waals surface area (Å²) in [5, 5.41) is 0. The number of aromatic amines is 2. The van der Waals surface area contributed by atoms with Gasteiger partial charge in [0.2, 0.25) is 0 Å². The van der Waals surface area contributed by atoms with Crippen LogP contribution in [0.2, 0.25) is 0 Å². The van der Waals surface area contributed by atoms with Gasteiger partial charge in [-0.2, -0.15) is 0 Å². The number of ether oxygens (including phenoxy) is 8. The maximum absolute atomic E-state index is 15.0. The molecule has 0 amide bonds. The van der Waals surface area contributed by atoms with E-state index in [0.717, 1.165) is 56.3 Å². The number of H-pyrrole nitrogens is 2. The Morgan fingerprint density at radius 3 is 2.39 bits per heavy atom. The van der Waals surface area contributed by atoms with Crippen LogP contribution in [0.3, 0.4) is 0 Å². The molecule has 14 heteroatoms. The van der Waals surface area contributed by atoms with Gasteiger partial charge in [-0.3, -0.25) is 9.59 Å². The van der Waals surface area contributed by atoms with E-state index in [2.05, 4.69) is 48.9 Å². The van der Waals surface area contributed by atoms with Crippen LogP contribution in [-0.4, -0.2) is 130 Å². The Bertz CT molecular complexity index is 1600. The molecule has 0 aromatic carbocycles. The zero-order chi connectivity index (χ0) is 41.1. The van der Waals surface area contributed by atoms with Crippen LogP contribution in [0.15, 0.2) is 11.6 Å². The number of carbonyl (C=O) groups excluding carboxylic acids is 2. The molecule has 0 bridgehead atoms. The van der Waals surface area contributed by atoms with Crippen molar-refractivity contribution in [3.63, 3.8) is 0 Å². The lowest BCUT2D eigenvalue weighted by Crippen LogP contribution is -2.47. The Kier molecular flexibility index (Phi) is 15.3. The molecule has 13 nitrogen and oxygen atoms in total. The van der Waals surface area contributed by atoms with Gasteiger partial charge >= 0.3 is 5.97 Å². The number of nitrogens with zero attached hydrogens (tertiary/aromatic N) is 1. The summed E-state index contributed by atoms with van der Waals surface area (Å²) in [7, 11) is 9.10. The molecular formula is C43H69N3O10S. The van der Waals surface area contributed by atoms with Crippen molar-refractivity contribution < 1.29 is 47.5 Å². The smallest absolute Gasteiger partial charge is 0.306 e. The van der Waals surface area contributed by atoms with E-state index in [1.165, 1.54) is 0 Å². The highest BCUT2D eigenvalue weighted by atomic mass is 32.1. The zero-order valence-electron chi connectivity index (χ0n) is 35.8. The van der Waals surface area contributed by atoms with Gasteiger partial charge in [0.25, 0.3) is 0 Å². The number of Topliss-reactive ketones (excluding diaryl/α,β-unsaturated/α-hetero) is 1. The second kappa shape index (κ2) is 19.6. The lowest BCUT2D eigenvalue weighted by atomic mass is 9.67. The highest BCUT2D eigenvalue weighted by molar-refractivity contribution is 7.71. The van der Waals surface area contributed by atoms with Gasteiger partial charge < -0.3 is 52.8 Å². The van der Waals surface area contributed by atoms with E-state index >= 15 is 0 Å². The lowest BCUT2D eigenvalue weighted by Gasteiger charge is -2.40. The third kappa shape index (κ3) is 9.81. The molecule has 2 N–H and O–H groups in total. The predicted octanol–water partition coefficient (Wildman–Crippen LogP) is 6.59. The van der Waals surface area contributed by atoms with Crippen molar-refractivity contribution in [3.05, 3.63) is 27.8 Å². The van der Waals surface area contributed by atoms with Gasteiger partial charge in [0.15, 0.2) is 23.1 Å². The minimum absolute atomic E-state index is 0.0117. The van der Waals surface area contributed by atoms with E-state index < -0.39 is 18.3 Å². The second-order valence-corrected chi connectivity index (χ2v) is 17.9. The first kappa shape index (κ1) is 44.5. The van der Waals surface area contributed by atoms with Gasteiger partial charge in [-0.05, 0) is 116 Å². The van der Waals surface area contributed by atoms with E-state index in [4.69, 9.17) is 50.1 Å². The van der Waals surface area contributed by atoms with Crippen LogP contribution in [-0.2, 0) is 47.5 Å². The predicted molar refractivity (Wildman–Crippen MR) is 216 cm³/mol. The number of hydrogen-bond acceptors (Lipinski definition) is 12. The lowest BCUT2D eigenvalue weighted by molar-refractivity contribution is -0.255. The number of rotatable bonds is 14. The maximum atomic E-state index is 15.0. The molecule has 2 aliphatic heterocycles. The summed E-state index contributed by atoms with van der Waals surface area (Å²) in [4.78, 5) is 38.0. The van der Waals surface area contributed by atoms with Crippen molar-refractivity contribution in [1.29, 1.82) is 0 Å². The van der Waals surface area contributed by atoms with Crippen LogP contribution in [0, 0.1) is 28.4 Å². The Balaban J connectivity index is 1.31. The monoisotopic (exact) mass is 819 g/mol. The van der Waals surface area contributed by atoms with Crippen LogP contribution in [0.1, 0.15) is 116 Å². The van der Waals surface area contributed by atoms with Gasteiger partial charge in [-0.25, -0.2) is 0 Å². The number of allylic oxidation sites excluding steroid dienone is 2. The Morgan fingerprint density at radius 1 is 0.965 bits per heavy atom. The SMILES string of the molecule is CC[C@H]1CCC[C@H](O[C@H]2CC[C@H](N(C)C)C(C)O2)[C@@H](C)C(=O)C2=C[C@H]3[C@@H]4C[C@H](OC(OC(C)[C@@H](C)OC)[C@H](COC)OC)C[C@H]4c4[nH]c(=S)[nH]c4[C@H]3[C@@H]2CC(=O)O1. The number of likely N-dealkylation sites (N-methyl/N-ethyl adjacent to an activating group) is 1. The van der Waals surface area contributed by atoms with Crippen molar-refractivity contribution in [1.82, 2.24) is 14.9 Å². The van der Waals surface area contributed by atoms with Gasteiger partial charge in [0.05, 0.1) is 43.5 Å². The van der Waals surface area contributed by atoms with Crippen molar-refractivity contribution in [3.8, 4) is 0 Å². The minimum Gasteiger partial charge on any atom is -0.462 e. The largest absolute Gasteiger partial charge is 0.462 e. The van der Waals surface area contributed by atoms with Crippen LogP contribution in [0.5, 0.6) is 0 Å². The fourth-order valence-corrected chi connectivity index (χ4v) is 10.7. The highest BCUT2D eigenvalue weighted by Crippen LogP contribution is 2.61. The molecule has 3 heterocycles. The Morgan fingerprint density at radius 2 is 1.72 bits per heavy atom. The Labute approximate surface area is 344 Å². The maximum Gasteiger partial charge on any atom is 0.306 e. The molecule has 0 radical (unpaired) electrons. The average Bonchev–Trinajstić information content (AvgIpc) is 3.89. The number of hydrogen-bond donors (Lipinski definition) is 2. The topological polar surface area (TPSA) is 143 Å². The van der Waals surface area contributed by atoms with Gasteiger partial charge in [-0.15, -0.1) is 0 Å². The second-order valence-electron chi connectivity index (χ2n) is 17.5. The van der Waals surface area contributed by atoms with Crippen molar-refractivity contribution in [2.24, 2.45) is 23.7 Å². The fraction of sp³-hybridized carbons (Fsp3) is 0.837. The number of cyclic esters (lactones) is 1. The Hall–Kier alpha value is -2.01. The quantitative estimate of drug-likeness (QED) is 0.119. The van der Waals surface area contributed by atoms with Crippen LogP contribution >= 0.6 is 12.2 Å². The van der Waals surface area contributed by atoms with Crippen molar-refractivity contribution in [2.75, 3.05) is 42.0 Å². The average molecular weight is 820 g/mol. The molecule has 1 aromatic heterocycles. The molecule has 322 valence electrons. The first-order valence-electron chi connectivity index (χ1n) is 21.4. The number of imidazole rings is 1. The first-order valence-corrected chi connectivity index (χ1v) is 21.8. The van der Waals surface area contributed by atoms with E-state index in [9.17, 15) is 9.59 Å².